The van der Waals surface area contributed by atoms with E-state index in [0.717, 1.165) is 37.9 Å². The number of aliphatic imine (C=N–C) groups is 1. The third-order valence-electron chi connectivity index (χ3n) is 3.05. The summed E-state index contributed by atoms with van der Waals surface area (Å²) in [4.78, 5) is 4.17. The average Bonchev–Trinajstić information content (AvgIpc) is 2.92. The summed E-state index contributed by atoms with van der Waals surface area (Å²) in [6.07, 6.45) is 2.83. The van der Waals surface area contributed by atoms with Gasteiger partial charge in [-0.2, -0.15) is 0 Å². The number of aromatic nitrogens is 3. The number of nitrogens with zero attached hydrogens (tertiary/aromatic N) is 4. The molecule has 0 saturated carbocycles. The molecule has 0 amide bonds. The molecule has 7 nitrogen and oxygen atoms in total. The second-order valence-corrected chi connectivity index (χ2v) is 5.18. The first-order valence-corrected chi connectivity index (χ1v) is 7.56. The standard InChI is InChI=1S/C14H28N6O/c1-5-20-11-18-19-13(20)10-17-14(15-4)16-7-9-21-8-6-12(2)3/h11-12H,5-10H2,1-4H3,(H2,15,16,17). The van der Waals surface area contributed by atoms with Gasteiger partial charge >= 0.3 is 0 Å². The Morgan fingerprint density at radius 3 is 2.86 bits per heavy atom. The molecule has 0 atom stereocenters. The quantitative estimate of drug-likeness (QED) is 0.404. The second-order valence-electron chi connectivity index (χ2n) is 5.18. The lowest BCUT2D eigenvalue weighted by atomic mass is 10.1. The van der Waals surface area contributed by atoms with E-state index in [1.165, 1.54) is 0 Å². The van der Waals surface area contributed by atoms with Crippen molar-refractivity contribution >= 4 is 5.96 Å². The van der Waals surface area contributed by atoms with Gasteiger partial charge in [-0.25, -0.2) is 0 Å². The van der Waals surface area contributed by atoms with Gasteiger partial charge in [0.15, 0.2) is 11.8 Å². The van der Waals surface area contributed by atoms with Crippen molar-refractivity contribution < 1.29 is 4.74 Å². The van der Waals surface area contributed by atoms with E-state index < -0.39 is 0 Å². The van der Waals surface area contributed by atoms with Crippen LogP contribution in [-0.2, 0) is 17.8 Å². The summed E-state index contributed by atoms with van der Waals surface area (Å²) in [5.41, 5.74) is 0. The molecule has 1 aromatic heterocycles. The van der Waals surface area contributed by atoms with E-state index in [9.17, 15) is 0 Å². The summed E-state index contributed by atoms with van der Waals surface area (Å²) >= 11 is 0. The molecule has 0 aromatic carbocycles. The fourth-order valence-electron chi connectivity index (χ4n) is 1.73. The van der Waals surface area contributed by atoms with Gasteiger partial charge in [-0.1, -0.05) is 13.8 Å². The molecule has 0 aliphatic carbocycles. The summed E-state index contributed by atoms with van der Waals surface area (Å²) < 4.78 is 7.55. The average molecular weight is 296 g/mol. The maximum absolute atomic E-state index is 5.55. The van der Waals surface area contributed by atoms with E-state index in [-0.39, 0.29) is 0 Å². The number of hydrogen-bond donors (Lipinski definition) is 2. The second kappa shape index (κ2) is 10.1. The Morgan fingerprint density at radius 1 is 1.38 bits per heavy atom. The van der Waals surface area contributed by atoms with Gasteiger partial charge < -0.3 is 19.9 Å². The number of rotatable bonds is 9. The molecular weight excluding hydrogens is 268 g/mol. The van der Waals surface area contributed by atoms with Gasteiger partial charge in [-0.05, 0) is 19.3 Å². The van der Waals surface area contributed by atoms with Crippen molar-refractivity contribution in [3.8, 4) is 0 Å². The fraction of sp³-hybridized carbons (Fsp3) is 0.786. The minimum atomic E-state index is 0.599. The molecule has 1 heterocycles. The predicted molar refractivity (Wildman–Crippen MR) is 84.2 cm³/mol. The van der Waals surface area contributed by atoms with Crippen molar-refractivity contribution in [2.45, 2.75) is 40.3 Å². The summed E-state index contributed by atoms with van der Waals surface area (Å²) in [6.45, 7) is 10.1. The van der Waals surface area contributed by atoms with Crippen LogP contribution in [0, 0.1) is 5.92 Å². The number of guanidine groups is 1. The SMILES string of the molecule is CCn1cnnc1CNC(=NC)NCCOCCC(C)C. The van der Waals surface area contributed by atoms with Crippen LogP contribution in [0.1, 0.15) is 33.0 Å². The van der Waals surface area contributed by atoms with Crippen molar-refractivity contribution in [3.05, 3.63) is 12.2 Å². The Morgan fingerprint density at radius 2 is 2.19 bits per heavy atom. The van der Waals surface area contributed by atoms with E-state index in [0.29, 0.717) is 19.1 Å². The highest BCUT2D eigenvalue weighted by Gasteiger charge is 2.03. The highest BCUT2D eigenvalue weighted by atomic mass is 16.5. The molecule has 7 heteroatoms. The van der Waals surface area contributed by atoms with Crippen LogP contribution in [0.4, 0.5) is 0 Å². The van der Waals surface area contributed by atoms with Crippen molar-refractivity contribution in [3.63, 3.8) is 0 Å². The van der Waals surface area contributed by atoms with Gasteiger partial charge in [0.25, 0.3) is 0 Å². The number of aryl methyl sites for hydroxylation is 1. The molecule has 2 N–H and O–H groups in total. The zero-order valence-electron chi connectivity index (χ0n) is 13.6. The third kappa shape index (κ3) is 7.08. The van der Waals surface area contributed by atoms with Gasteiger partial charge in [0.1, 0.15) is 6.33 Å². The number of hydrogen-bond acceptors (Lipinski definition) is 4. The highest BCUT2D eigenvalue weighted by Crippen LogP contribution is 1.98. The lowest BCUT2D eigenvalue weighted by Crippen LogP contribution is -2.39. The van der Waals surface area contributed by atoms with Crippen LogP contribution in [0.15, 0.2) is 11.3 Å². The van der Waals surface area contributed by atoms with Crippen LogP contribution in [0.5, 0.6) is 0 Å². The molecule has 0 spiro atoms. The first-order valence-electron chi connectivity index (χ1n) is 7.56. The van der Waals surface area contributed by atoms with E-state index >= 15 is 0 Å². The largest absolute Gasteiger partial charge is 0.380 e. The lowest BCUT2D eigenvalue weighted by molar-refractivity contribution is 0.128. The molecule has 120 valence electrons. The summed E-state index contributed by atoms with van der Waals surface area (Å²) in [5.74, 6) is 2.32. The van der Waals surface area contributed by atoms with Crippen LogP contribution in [-0.4, -0.2) is 47.5 Å². The molecule has 1 rings (SSSR count). The molecule has 0 radical (unpaired) electrons. The normalized spacial score (nSPS) is 12.0. The van der Waals surface area contributed by atoms with Gasteiger partial charge in [-0.15, -0.1) is 10.2 Å². The van der Waals surface area contributed by atoms with Crippen molar-refractivity contribution in [2.24, 2.45) is 10.9 Å². The van der Waals surface area contributed by atoms with Crippen LogP contribution >= 0.6 is 0 Å². The molecule has 0 aliphatic heterocycles. The minimum absolute atomic E-state index is 0.599. The molecule has 0 aliphatic rings. The summed E-state index contributed by atoms with van der Waals surface area (Å²) in [6, 6.07) is 0. The maximum atomic E-state index is 5.55. The highest BCUT2D eigenvalue weighted by molar-refractivity contribution is 5.79. The van der Waals surface area contributed by atoms with Crippen molar-refractivity contribution in [2.75, 3.05) is 26.8 Å². The lowest BCUT2D eigenvalue weighted by Gasteiger charge is -2.12. The molecular formula is C14H28N6O. The Hall–Kier alpha value is -1.63. The van der Waals surface area contributed by atoms with Crippen molar-refractivity contribution in [1.82, 2.24) is 25.4 Å². The molecule has 0 unspecified atom stereocenters. The van der Waals surface area contributed by atoms with Crippen LogP contribution in [0.3, 0.4) is 0 Å². The van der Waals surface area contributed by atoms with Gasteiger partial charge in [-0.3, -0.25) is 4.99 Å². The van der Waals surface area contributed by atoms with Crippen LogP contribution in [0.2, 0.25) is 0 Å². The van der Waals surface area contributed by atoms with E-state index in [4.69, 9.17) is 4.74 Å². The predicted octanol–water partition coefficient (Wildman–Crippen LogP) is 1.03. The van der Waals surface area contributed by atoms with Crippen LogP contribution in [0.25, 0.3) is 0 Å². The molecule has 0 saturated heterocycles. The topological polar surface area (TPSA) is 76.4 Å². The molecule has 0 fully saturated rings. The Kier molecular flexibility index (Phi) is 8.42. The van der Waals surface area contributed by atoms with Crippen molar-refractivity contribution in [1.29, 1.82) is 0 Å². The monoisotopic (exact) mass is 296 g/mol. The van der Waals surface area contributed by atoms with Gasteiger partial charge in [0.05, 0.1) is 13.2 Å². The zero-order chi connectivity index (χ0) is 15.5. The first kappa shape index (κ1) is 17.4. The third-order valence-corrected chi connectivity index (χ3v) is 3.05. The fourth-order valence-corrected chi connectivity index (χ4v) is 1.73. The summed E-state index contributed by atoms with van der Waals surface area (Å²) in [5, 5.41) is 14.4. The Bertz CT molecular complexity index is 415. The first-order chi connectivity index (χ1) is 10.2. The Balaban J connectivity index is 2.18. The zero-order valence-corrected chi connectivity index (χ0v) is 13.6. The maximum Gasteiger partial charge on any atom is 0.191 e. The van der Waals surface area contributed by atoms with E-state index in [1.54, 1.807) is 13.4 Å². The smallest absolute Gasteiger partial charge is 0.191 e. The van der Waals surface area contributed by atoms with Crippen LogP contribution < -0.4 is 10.6 Å². The van der Waals surface area contributed by atoms with E-state index in [2.05, 4.69) is 46.6 Å². The van der Waals surface area contributed by atoms with E-state index in [1.807, 2.05) is 4.57 Å². The number of ether oxygens (including phenoxy) is 1. The van der Waals surface area contributed by atoms with Gasteiger partial charge in [0, 0.05) is 26.7 Å². The Labute approximate surface area is 127 Å². The molecule has 0 bridgehead atoms. The number of nitrogens with one attached hydrogen (secondary N) is 2. The molecule has 21 heavy (non-hydrogen) atoms. The minimum Gasteiger partial charge on any atom is -0.380 e. The van der Waals surface area contributed by atoms with Gasteiger partial charge in [0.2, 0.25) is 0 Å². The summed E-state index contributed by atoms with van der Waals surface area (Å²) in [7, 11) is 1.75. The molecule has 1 aromatic rings.